The Balaban J connectivity index is 2.95. The van der Waals surface area contributed by atoms with E-state index in [0.717, 1.165) is 18.4 Å². The number of ether oxygens (including phenoxy) is 1. The monoisotopic (exact) mass is 336 g/mol. The first kappa shape index (κ1) is 19.9. The maximum atomic E-state index is 11.9. The summed E-state index contributed by atoms with van der Waals surface area (Å²) < 4.78 is 11.9. The predicted molar refractivity (Wildman–Crippen MR) is 98.3 cm³/mol. The molecule has 130 valence electrons. The molecule has 0 aliphatic rings. The van der Waals surface area contributed by atoms with Crippen LogP contribution in [-0.4, -0.2) is 14.3 Å². The molecule has 0 heterocycles. The normalized spacial score (nSPS) is 12.3. The van der Waals surface area contributed by atoms with Gasteiger partial charge in [0.2, 0.25) is 0 Å². The van der Waals surface area contributed by atoms with Gasteiger partial charge >= 0.3 is 5.97 Å². The predicted octanol–water partition coefficient (Wildman–Crippen LogP) is 5.48. The highest BCUT2D eigenvalue weighted by atomic mass is 28.4. The summed E-state index contributed by atoms with van der Waals surface area (Å²) >= 11 is 0. The third kappa shape index (κ3) is 5.77. The van der Waals surface area contributed by atoms with Crippen LogP contribution in [0.15, 0.2) is 18.2 Å². The van der Waals surface area contributed by atoms with Gasteiger partial charge in [0, 0.05) is 12.0 Å². The maximum Gasteiger partial charge on any atom is 0.311 e. The third-order valence-corrected chi connectivity index (χ3v) is 9.09. The van der Waals surface area contributed by atoms with Gasteiger partial charge in [-0.25, -0.2) is 0 Å². The number of rotatable bonds is 7. The van der Waals surface area contributed by atoms with Crippen LogP contribution in [0.1, 0.15) is 58.6 Å². The number of hydrogen-bond donors (Lipinski definition) is 0. The summed E-state index contributed by atoms with van der Waals surface area (Å²) in [5.41, 5.74) is 2.12. The first-order valence-corrected chi connectivity index (χ1v) is 11.5. The van der Waals surface area contributed by atoms with Crippen LogP contribution in [-0.2, 0) is 22.2 Å². The van der Waals surface area contributed by atoms with E-state index in [2.05, 4.69) is 46.9 Å². The maximum absolute atomic E-state index is 11.9. The summed E-state index contributed by atoms with van der Waals surface area (Å²) in [5.74, 6) is 0.482. The molecule has 0 radical (unpaired) electrons. The van der Waals surface area contributed by atoms with Crippen LogP contribution >= 0.6 is 0 Å². The Kier molecular flexibility index (Phi) is 7.02. The Morgan fingerprint density at radius 1 is 1.17 bits per heavy atom. The number of hydrogen-bond acceptors (Lipinski definition) is 3. The number of benzene rings is 1. The zero-order chi connectivity index (χ0) is 17.7. The van der Waals surface area contributed by atoms with Crippen molar-refractivity contribution in [1.82, 2.24) is 0 Å². The fourth-order valence-corrected chi connectivity index (χ4v) is 2.83. The molecule has 23 heavy (non-hydrogen) atoms. The van der Waals surface area contributed by atoms with E-state index in [1.807, 2.05) is 19.1 Å². The Labute approximate surface area is 142 Å². The number of carbonyl (C=O) groups is 1. The van der Waals surface area contributed by atoms with Gasteiger partial charge in [-0.1, -0.05) is 46.8 Å². The smallest absolute Gasteiger partial charge is 0.311 e. The molecule has 0 fully saturated rings. The average Bonchev–Trinajstić information content (AvgIpc) is 2.44. The van der Waals surface area contributed by atoms with Crippen molar-refractivity contribution in [1.29, 1.82) is 0 Å². The third-order valence-electron chi connectivity index (χ3n) is 4.61. The molecule has 0 bridgehead atoms. The largest absolute Gasteiger partial charge is 0.426 e. The minimum atomic E-state index is -1.83. The number of aryl methyl sites for hydroxylation is 1. The molecule has 0 aromatic heterocycles. The van der Waals surface area contributed by atoms with Gasteiger partial charge in [-0.15, -0.1) is 0 Å². The first-order valence-electron chi connectivity index (χ1n) is 8.57. The Bertz CT molecular complexity index is 530. The fraction of sp³-hybridized carbons (Fsp3) is 0.632. The second-order valence-corrected chi connectivity index (χ2v) is 12.4. The van der Waals surface area contributed by atoms with Gasteiger partial charge in [-0.05, 0) is 42.6 Å². The van der Waals surface area contributed by atoms with Crippen molar-refractivity contribution in [3.63, 3.8) is 0 Å². The lowest BCUT2D eigenvalue weighted by atomic mass is 10.1. The van der Waals surface area contributed by atoms with Crippen molar-refractivity contribution in [3.05, 3.63) is 29.3 Å². The van der Waals surface area contributed by atoms with Crippen molar-refractivity contribution in [2.75, 3.05) is 0 Å². The molecular weight excluding hydrogens is 304 g/mol. The second kappa shape index (κ2) is 8.11. The summed E-state index contributed by atoms with van der Waals surface area (Å²) in [7, 11) is -1.83. The summed E-state index contributed by atoms with van der Waals surface area (Å²) in [6.45, 7) is 15.7. The minimum absolute atomic E-state index is 0.162. The van der Waals surface area contributed by atoms with Crippen molar-refractivity contribution in [3.8, 4) is 5.75 Å². The van der Waals surface area contributed by atoms with Gasteiger partial charge in [0.1, 0.15) is 5.75 Å². The van der Waals surface area contributed by atoms with E-state index in [1.165, 1.54) is 5.56 Å². The number of carbonyl (C=O) groups excluding carboxylic acids is 1. The quantitative estimate of drug-likeness (QED) is 0.376. The topological polar surface area (TPSA) is 35.5 Å². The standard InChI is InChI=1S/C19H32O3Si/c1-8-10-18(20)22-17-13-15(9-2)11-12-16(17)14-21-23(6,7)19(3,4)5/h11-13H,8-10,14H2,1-7H3. The van der Waals surface area contributed by atoms with E-state index in [-0.39, 0.29) is 11.0 Å². The summed E-state index contributed by atoms with van der Waals surface area (Å²) in [6.07, 6.45) is 2.16. The van der Waals surface area contributed by atoms with E-state index in [9.17, 15) is 4.79 Å². The molecule has 0 atom stereocenters. The SMILES string of the molecule is CCCC(=O)Oc1cc(CC)ccc1CO[Si](C)(C)C(C)(C)C. The van der Waals surface area contributed by atoms with E-state index in [1.54, 1.807) is 0 Å². The van der Waals surface area contributed by atoms with Crippen LogP contribution in [0.2, 0.25) is 18.1 Å². The van der Waals surface area contributed by atoms with Gasteiger partial charge in [-0.2, -0.15) is 0 Å². The van der Waals surface area contributed by atoms with E-state index in [4.69, 9.17) is 9.16 Å². The second-order valence-electron chi connectivity index (χ2n) is 7.57. The molecule has 3 nitrogen and oxygen atoms in total. The molecular formula is C19H32O3Si. The fourth-order valence-electron chi connectivity index (χ4n) is 1.89. The van der Waals surface area contributed by atoms with Crippen LogP contribution < -0.4 is 4.74 Å². The van der Waals surface area contributed by atoms with E-state index in [0.29, 0.717) is 18.8 Å². The lowest BCUT2D eigenvalue weighted by Crippen LogP contribution is -2.40. The van der Waals surface area contributed by atoms with Crippen LogP contribution in [0.3, 0.4) is 0 Å². The summed E-state index contributed by atoms with van der Waals surface area (Å²) in [6, 6.07) is 6.08. The van der Waals surface area contributed by atoms with Gasteiger partial charge < -0.3 is 9.16 Å². The van der Waals surface area contributed by atoms with Gasteiger partial charge in [0.05, 0.1) is 6.61 Å². The van der Waals surface area contributed by atoms with Crippen LogP contribution in [0, 0.1) is 0 Å². The van der Waals surface area contributed by atoms with E-state index >= 15 is 0 Å². The van der Waals surface area contributed by atoms with Crippen LogP contribution in [0.5, 0.6) is 5.75 Å². The highest BCUT2D eigenvalue weighted by Gasteiger charge is 2.37. The Morgan fingerprint density at radius 2 is 1.83 bits per heavy atom. The van der Waals surface area contributed by atoms with Gasteiger partial charge in [-0.3, -0.25) is 4.79 Å². The molecule has 0 saturated heterocycles. The lowest BCUT2D eigenvalue weighted by molar-refractivity contribution is -0.134. The lowest BCUT2D eigenvalue weighted by Gasteiger charge is -2.36. The molecule has 1 rings (SSSR count). The zero-order valence-corrected chi connectivity index (χ0v) is 16.8. The average molecular weight is 337 g/mol. The van der Waals surface area contributed by atoms with Crippen LogP contribution in [0.4, 0.5) is 0 Å². The zero-order valence-electron chi connectivity index (χ0n) is 15.8. The van der Waals surface area contributed by atoms with Gasteiger partial charge in [0.15, 0.2) is 8.32 Å². The molecule has 0 aliphatic carbocycles. The van der Waals surface area contributed by atoms with Crippen molar-refractivity contribution >= 4 is 14.3 Å². The minimum Gasteiger partial charge on any atom is -0.426 e. The van der Waals surface area contributed by atoms with Crippen LogP contribution in [0.25, 0.3) is 0 Å². The number of esters is 1. The molecule has 1 aromatic carbocycles. The molecule has 0 N–H and O–H groups in total. The van der Waals surface area contributed by atoms with Gasteiger partial charge in [0.25, 0.3) is 0 Å². The molecule has 0 unspecified atom stereocenters. The molecule has 0 spiro atoms. The Morgan fingerprint density at radius 3 is 2.35 bits per heavy atom. The summed E-state index contributed by atoms with van der Waals surface area (Å²) in [5, 5.41) is 0.162. The Hall–Kier alpha value is -1.13. The molecule has 0 saturated carbocycles. The molecule has 4 heteroatoms. The van der Waals surface area contributed by atoms with E-state index < -0.39 is 8.32 Å². The molecule has 0 amide bonds. The highest BCUT2D eigenvalue weighted by molar-refractivity contribution is 6.74. The first-order chi connectivity index (χ1) is 10.6. The van der Waals surface area contributed by atoms with Crippen molar-refractivity contribution in [2.24, 2.45) is 0 Å². The molecule has 1 aromatic rings. The summed E-state index contributed by atoms with van der Waals surface area (Å²) in [4.78, 5) is 11.9. The highest BCUT2D eigenvalue weighted by Crippen LogP contribution is 2.37. The van der Waals surface area contributed by atoms with Crippen molar-refractivity contribution in [2.45, 2.75) is 78.6 Å². The molecule has 0 aliphatic heterocycles. The van der Waals surface area contributed by atoms with Crippen molar-refractivity contribution < 1.29 is 14.0 Å².